The predicted octanol–water partition coefficient (Wildman–Crippen LogP) is 3.05. The molecule has 0 heterocycles. The Labute approximate surface area is 147 Å². The minimum absolute atomic E-state index is 0.147. The Balaban J connectivity index is 3.50. The lowest BCUT2D eigenvalue weighted by Gasteiger charge is -2.26. The van der Waals surface area contributed by atoms with Crippen LogP contribution >= 0.6 is 0 Å². The molecule has 0 fully saturated rings. The number of aliphatic hydroxyl groups is 3. The zero-order valence-electron chi connectivity index (χ0n) is 15.6. The highest BCUT2D eigenvalue weighted by molar-refractivity contribution is 5.69. The fraction of sp³-hybridized carbons (Fsp3) is 0.947. The van der Waals surface area contributed by atoms with Crippen molar-refractivity contribution in [1.29, 1.82) is 0 Å². The maximum atomic E-state index is 11.6. The Bertz CT molecular complexity index is 292. The highest BCUT2D eigenvalue weighted by Crippen LogP contribution is 2.16. The van der Waals surface area contributed by atoms with Crippen LogP contribution in [-0.4, -0.2) is 47.7 Å². The topological polar surface area (TPSA) is 87.0 Å². The second-order valence-corrected chi connectivity index (χ2v) is 7.40. The van der Waals surface area contributed by atoms with Crippen LogP contribution in [0.15, 0.2) is 0 Å². The van der Waals surface area contributed by atoms with Crippen molar-refractivity contribution in [2.24, 2.45) is 11.3 Å². The molecule has 0 saturated heterocycles. The van der Waals surface area contributed by atoms with E-state index in [2.05, 4.69) is 13.8 Å². The van der Waals surface area contributed by atoms with Gasteiger partial charge in [0.05, 0.1) is 25.2 Å². The Kier molecular flexibility index (Phi) is 14.3. The summed E-state index contributed by atoms with van der Waals surface area (Å²) in [6.07, 6.45) is 11.1. The van der Waals surface area contributed by atoms with Crippen LogP contribution in [0.1, 0.15) is 78.1 Å². The van der Waals surface area contributed by atoms with Gasteiger partial charge in [-0.1, -0.05) is 65.2 Å². The first kappa shape index (κ1) is 23.4. The van der Waals surface area contributed by atoms with E-state index in [9.17, 15) is 4.79 Å². The first-order valence-corrected chi connectivity index (χ1v) is 9.48. The molecular formula is C19H38O5. The maximum Gasteiger partial charge on any atom is 0.305 e. The van der Waals surface area contributed by atoms with Crippen LogP contribution in [0.25, 0.3) is 0 Å². The summed E-state index contributed by atoms with van der Waals surface area (Å²) >= 11 is 0. The Morgan fingerprint density at radius 1 is 0.833 bits per heavy atom. The monoisotopic (exact) mass is 346 g/mol. The maximum absolute atomic E-state index is 11.6. The molecule has 0 aliphatic carbocycles. The van der Waals surface area contributed by atoms with Gasteiger partial charge in [-0.2, -0.15) is 0 Å². The third-order valence-electron chi connectivity index (χ3n) is 4.46. The Hall–Kier alpha value is -0.650. The first-order valence-electron chi connectivity index (χ1n) is 9.48. The average Bonchev–Trinajstić information content (AvgIpc) is 2.58. The van der Waals surface area contributed by atoms with Crippen LogP contribution in [0.4, 0.5) is 0 Å². The van der Waals surface area contributed by atoms with Crippen LogP contribution in [0.3, 0.4) is 0 Å². The molecule has 0 saturated carbocycles. The minimum atomic E-state index is -1.13. The molecule has 0 aromatic rings. The van der Waals surface area contributed by atoms with Crippen molar-refractivity contribution in [3.63, 3.8) is 0 Å². The van der Waals surface area contributed by atoms with Crippen molar-refractivity contribution in [1.82, 2.24) is 0 Å². The largest absolute Gasteiger partial charge is 0.465 e. The molecule has 5 heteroatoms. The van der Waals surface area contributed by atoms with E-state index in [1.165, 1.54) is 38.5 Å². The fourth-order valence-electron chi connectivity index (χ4n) is 2.48. The van der Waals surface area contributed by atoms with E-state index in [0.717, 1.165) is 25.2 Å². The lowest BCUT2D eigenvalue weighted by molar-refractivity contribution is -0.151. The molecule has 0 atom stereocenters. The number of carbonyl (C=O) groups is 1. The van der Waals surface area contributed by atoms with E-state index in [-0.39, 0.29) is 12.6 Å². The zero-order valence-corrected chi connectivity index (χ0v) is 15.6. The zero-order chi connectivity index (χ0) is 18.3. The van der Waals surface area contributed by atoms with Gasteiger partial charge in [0.15, 0.2) is 0 Å². The molecule has 0 aromatic carbocycles. The smallest absolute Gasteiger partial charge is 0.305 e. The third-order valence-corrected chi connectivity index (χ3v) is 4.46. The normalized spacial score (nSPS) is 11.9. The third kappa shape index (κ3) is 11.8. The van der Waals surface area contributed by atoms with Crippen molar-refractivity contribution < 1.29 is 24.9 Å². The van der Waals surface area contributed by atoms with Crippen molar-refractivity contribution >= 4 is 5.97 Å². The van der Waals surface area contributed by atoms with Gasteiger partial charge in [-0.15, -0.1) is 0 Å². The number of ether oxygens (including phenoxy) is 1. The number of aliphatic hydroxyl groups excluding tert-OH is 3. The fourth-order valence-corrected chi connectivity index (χ4v) is 2.48. The van der Waals surface area contributed by atoms with Gasteiger partial charge < -0.3 is 20.1 Å². The molecule has 0 radical (unpaired) electrons. The van der Waals surface area contributed by atoms with Gasteiger partial charge in [-0.25, -0.2) is 0 Å². The summed E-state index contributed by atoms with van der Waals surface area (Å²) in [7, 11) is 0. The van der Waals surface area contributed by atoms with Crippen LogP contribution < -0.4 is 0 Å². The Morgan fingerprint density at radius 3 is 1.75 bits per heavy atom. The number of rotatable bonds is 16. The van der Waals surface area contributed by atoms with E-state index < -0.39 is 25.2 Å². The predicted molar refractivity (Wildman–Crippen MR) is 95.7 cm³/mol. The summed E-state index contributed by atoms with van der Waals surface area (Å²) in [4.78, 5) is 11.6. The highest BCUT2D eigenvalue weighted by atomic mass is 16.5. The van der Waals surface area contributed by atoms with Crippen molar-refractivity contribution in [2.45, 2.75) is 78.1 Å². The second-order valence-electron chi connectivity index (χ2n) is 7.40. The van der Waals surface area contributed by atoms with Crippen LogP contribution in [0, 0.1) is 11.3 Å². The molecule has 3 N–H and O–H groups in total. The van der Waals surface area contributed by atoms with Crippen molar-refractivity contribution in [3.8, 4) is 0 Å². The van der Waals surface area contributed by atoms with Gasteiger partial charge >= 0.3 is 5.97 Å². The number of hydrogen-bond acceptors (Lipinski definition) is 5. The van der Waals surface area contributed by atoms with Gasteiger partial charge in [-0.3, -0.25) is 4.79 Å². The number of esters is 1. The first-order chi connectivity index (χ1) is 11.5. The summed E-state index contributed by atoms with van der Waals surface area (Å²) < 4.78 is 5.05. The molecule has 0 amide bonds. The number of unbranched alkanes of at least 4 members (excludes halogenated alkanes) is 7. The molecule has 0 bridgehead atoms. The van der Waals surface area contributed by atoms with Gasteiger partial charge in [-0.05, 0) is 12.3 Å². The molecule has 0 aromatic heterocycles. The van der Waals surface area contributed by atoms with Gasteiger partial charge in [0.25, 0.3) is 0 Å². The lowest BCUT2D eigenvalue weighted by atomic mass is 9.93. The summed E-state index contributed by atoms with van der Waals surface area (Å²) in [5, 5.41) is 27.5. The SMILES string of the molecule is CC(C)CCCCCCCCCCC(=O)OCC(CO)(CO)CO. The number of hydrogen-bond donors (Lipinski definition) is 3. The molecule has 0 spiro atoms. The van der Waals surface area contributed by atoms with Crippen LogP contribution in [-0.2, 0) is 9.53 Å². The summed E-state index contributed by atoms with van der Waals surface area (Å²) in [6.45, 7) is 3.15. The van der Waals surface area contributed by atoms with Crippen molar-refractivity contribution in [2.75, 3.05) is 26.4 Å². The van der Waals surface area contributed by atoms with Crippen LogP contribution in [0.2, 0.25) is 0 Å². The molecule has 0 aliphatic rings. The van der Waals surface area contributed by atoms with E-state index in [1.807, 2.05) is 0 Å². The van der Waals surface area contributed by atoms with Gasteiger partial charge in [0, 0.05) is 6.42 Å². The molecule has 0 unspecified atom stereocenters. The second kappa shape index (κ2) is 14.7. The van der Waals surface area contributed by atoms with E-state index in [0.29, 0.717) is 6.42 Å². The highest BCUT2D eigenvalue weighted by Gasteiger charge is 2.29. The lowest BCUT2D eigenvalue weighted by Crippen LogP contribution is -2.39. The molecule has 0 rings (SSSR count). The quantitative estimate of drug-likeness (QED) is 0.295. The van der Waals surface area contributed by atoms with E-state index >= 15 is 0 Å². The van der Waals surface area contributed by atoms with Crippen LogP contribution in [0.5, 0.6) is 0 Å². The summed E-state index contributed by atoms with van der Waals surface area (Å²) in [5.41, 5.74) is -1.13. The summed E-state index contributed by atoms with van der Waals surface area (Å²) in [5.74, 6) is 0.477. The molecule has 0 aliphatic heterocycles. The minimum Gasteiger partial charge on any atom is -0.465 e. The van der Waals surface area contributed by atoms with Crippen molar-refractivity contribution in [3.05, 3.63) is 0 Å². The molecular weight excluding hydrogens is 308 g/mol. The van der Waals surface area contributed by atoms with Gasteiger partial charge in [0.2, 0.25) is 0 Å². The molecule has 144 valence electrons. The van der Waals surface area contributed by atoms with Gasteiger partial charge in [0.1, 0.15) is 6.61 Å². The number of carbonyl (C=O) groups excluding carboxylic acids is 1. The average molecular weight is 347 g/mol. The Morgan fingerprint density at radius 2 is 1.29 bits per heavy atom. The summed E-state index contributed by atoms with van der Waals surface area (Å²) in [6, 6.07) is 0. The van der Waals surface area contributed by atoms with E-state index in [4.69, 9.17) is 20.1 Å². The molecule has 24 heavy (non-hydrogen) atoms. The molecule has 5 nitrogen and oxygen atoms in total. The van der Waals surface area contributed by atoms with E-state index in [1.54, 1.807) is 0 Å². The standard InChI is InChI=1S/C19H38O5/c1-17(2)11-9-7-5-3-4-6-8-10-12-18(23)24-16-19(13-20,14-21)15-22/h17,20-22H,3-16H2,1-2H3.